The molecule has 0 bridgehead atoms. The van der Waals surface area contributed by atoms with Crippen LogP contribution in [0.5, 0.6) is 17.5 Å². The first-order chi connectivity index (χ1) is 16.3. The van der Waals surface area contributed by atoms with Crippen molar-refractivity contribution in [1.29, 1.82) is 0 Å². The first-order valence-corrected chi connectivity index (χ1v) is 11.5. The van der Waals surface area contributed by atoms with Crippen LogP contribution in [0.2, 0.25) is 0 Å². The highest BCUT2D eigenvalue weighted by molar-refractivity contribution is 5.79. The number of hydrogen-bond donors (Lipinski definition) is 0. The number of rotatable bonds is 10. The predicted molar refractivity (Wildman–Crippen MR) is 124 cm³/mol. The minimum Gasteiger partial charge on any atom is -0.487 e. The molecule has 4 rings (SSSR count). The Balaban J connectivity index is 1.41. The molecular weight excluding hydrogens is 422 g/mol. The number of methoxy groups -OCH3 is 1. The number of aromatic nitrogens is 2. The minimum atomic E-state index is 0.396. The number of morpholine rings is 1. The van der Waals surface area contributed by atoms with Crippen LogP contribution >= 0.6 is 0 Å². The molecule has 2 aliphatic rings. The average molecular weight is 454 g/mol. The molecular formula is C25H31N3O5. The Morgan fingerprint density at radius 2 is 2.00 bits per heavy atom. The number of hydrogen-bond acceptors (Lipinski definition) is 8. The van der Waals surface area contributed by atoms with E-state index in [0.29, 0.717) is 36.3 Å². The largest absolute Gasteiger partial charge is 0.487 e. The summed E-state index contributed by atoms with van der Waals surface area (Å²) in [5.74, 6) is 1.51. The third-order valence-corrected chi connectivity index (χ3v) is 6.03. The second kappa shape index (κ2) is 11.8. The van der Waals surface area contributed by atoms with Gasteiger partial charge in [0, 0.05) is 37.5 Å². The van der Waals surface area contributed by atoms with Gasteiger partial charge in [-0.25, -0.2) is 9.97 Å². The SMILES string of the molecule is COc1ncccc1C1=C(COc2cnc(OCCN3CCOCC3)cc2C=O)CCCC1. The van der Waals surface area contributed by atoms with Crippen molar-refractivity contribution in [1.82, 2.24) is 14.9 Å². The molecule has 2 aromatic rings. The molecule has 2 aromatic heterocycles. The lowest BCUT2D eigenvalue weighted by molar-refractivity contribution is 0.0320. The Kier molecular flexibility index (Phi) is 8.27. The molecule has 3 heterocycles. The summed E-state index contributed by atoms with van der Waals surface area (Å²) < 4.78 is 22.6. The number of aldehydes is 1. The number of nitrogens with zero attached hydrogens (tertiary/aromatic N) is 3. The number of carbonyl (C=O) groups excluding carboxylic acids is 1. The molecule has 0 N–H and O–H groups in total. The highest BCUT2D eigenvalue weighted by Crippen LogP contribution is 2.36. The lowest BCUT2D eigenvalue weighted by Crippen LogP contribution is -2.38. The zero-order valence-electron chi connectivity index (χ0n) is 19.1. The van der Waals surface area contributed by atoms with Crippen molar-refractivity contribution in [2.75, 3.05) is 53.2 Å². The molecule has 0 amide bonds. The van der Waals surface area contributed by atoms with E-state index in [0.717, 1.165) is 70.4 Å². The van der Waals surface area contributed by atoms with Crippen LogP contribution in [0.25, 0.3) is 5.57 Å². The maximum Gasteiger partial charge on any atom is 0.220 e. The van der Waals surface area contributed by atoms with Gasteiger partial charge in [0.2, 0.25) is 11.8 Å². The number of ether oxygens (including phenoxy) is 4. The van der Waals surface area contributed by atoms with E-state index >= 15 is 0 Å². The van der Waals surface area contributed by atoms with Crippen molar-refractivity contribution in [3.8, 4) is 17.5 Å². The fourth-order valence-corrected chi connectivity index (χ4v) is 4.23. The highest BCUT2D eigenvalue weighted by atomic mass is 16.5. The maximum atomic E-state index is 11.7. The van der Waals surface area contributed by atoms with Crippen molar-refractivity contribution >= 4 is 11.9 Å². The average Bonchev–Trinajstić information content (AvgIpc) is 2.88. The van der Waals surface area contributed by atoms with Gasteiger partial charge in [0.1, 0.15) is 19.0 Å². The van der Waals surface area contributed by atoms with Crippen LogP contribution in [0.4, 0.5) is 0 Å². The van der Waals surface area contributed by atoms with Gasteiger partial charge in [-0.2, -0.15) is 0 Å². The zero-order chi connectivity index (χ0) is 22.9. The summed E-state index contributed by atoms with van der Waals surface area (Å²) in [7, 11) is 1.64. The summed E-state index contributed by atoms with van der Waals surface area (Å²) in [6.45, 7) is 5.03. The molecule has 176 valence electrons. The third-order valence-electron chi connectivity index (χ3n) is 6.03. The van der Waals surface area contributed by atoms with E-state index in [4.69, 9.17) is 18.9 Å². The van der Waals surface area contributed by atoms with Crippen molar-refractivity contribution in [3.05, 3.63) is 47.3 Å². The van der Waals surface area contributed by atoms with Crippen LogP contribution < -0.4 is 14.2 Å². The number of pyridine rings is 2. The predicted octanol–water partition coefficient (Wildman–Crippen LogP) is 3.42. The highest BCUT2D eigenvalue weighted by Gasteiger charge is 2.19. The van der Waals surface area contributed by atoms with Crippen molar-refractivity contribution < 1.29 is 23.7 Å². The van der Waals surface area contributed by atoms with Gasteiger partial charge in [-0.3, -0.25) is 9.69 Å². The van der Waals surface area contributed by atoms with Crippen molar-refractivity contribution in [2.24, 2.45) is 0 Å². The van der Waals surface area contributed by atoms with Crippen LogP contribution in [0.15, 0.2) is 36.2 Å². The molecule has 8 heteroatoms. The fraction of sp³-hybridized carbons (Fsp3) is 0.480. The van der Waals surface area contributed by atoms with Crippen molar-refractivity contribution in [2.45, 2.75) is 25.7 Å². The molecule has 1 fully saturated rings. The molecule has 1 aliphatic heterocycles. The van der Waals surface area contributed by atoms with E-state index in [1.807, 2.05) is 12.1 Å². The van der Waals surface area contributed by atoms with Gasteiger partial charge in [0.25, 0.3) is 0 Å². The van der Waals surface area contributed by atoms with E-state index in [1.54, 1.807) is 25.6 Å². The summed E-state index contributed by atoms with van der Waals surface area (Å²) in [4.78, 5) is 22.7. The lowest BCUT2D eigenvalue weighted by atomic mass is 9.88. The molecule has 0 atom stereocenters. The van der Waals surface area contributed by atoms with Crippen molar-refractivity contribution in [3.63, 3.8) is 0 Å². The monoisotopic (exact) mass is 453 g/mol. The molecule has 1 saturated heterocycles. The van der Waals surface area contributed by atoms with E-state index < -0.39 is 0 Å². The van der Waals surface area contributed by atoms with Gasteiger partial charge >= 0.3 is 0 Å². The van der Waals surface area contributed by atoms with Crippen LogP contribution in [0.1, 0.15) is 41.6 Å². The molecule has 0 saturated carbocycles. The molecule has 0 radical (unpaired) electrons. The Labute approximate surface area is 194 Å². The number of carbonyl (C=O) groups is 1. The van der Waals surface area contributed by atoms with E-state index in [-0.39, 0.29) is 0 Å². The third kappa shape index (κ3) is 6.09. The zero-order valence-corrected chi connectivity index (χ0v) is 19.1. The maximum absolute atomic E-state index is 11.7. The van der Waals surface area contributed by atoms with Gasteiger partial charge < -0.3 is 18.9 Å². The normalized spacial score (nSPS) is 17.0. The first-order valence-electron chi connectivity index (χ1n) is 11.5. The van der Waals surface area contributed by atoms with Gasteiger partial charge in [0.15, 0.2) is 6.29 Å². The van der Waals surface area contributed by atoms with Gasteiger partial charge in [-0.15, -0.1) is 0 Å². The van der Waals surface area contributed by atoms with E-state index in [1.165, 1.54) is 11.1 Å². The summed E-state index contributed by atoms with van der Waals surface area (Å²) in [6.07, 6.45) is 8.21. The lowest BCUT2D eigenvalue weighted by Gasteiger charge is -2.26. The molecule has 0 aromatic carbocycles. The van der Waals surface area contributed by atoms with Crippen LogP contribution in [0.3, 0.4) is 0 Å². The molecule has 0 unspecified atom stereocenters. The Bertz CT molecular complexity index is 972. The molecule has 33 heavy (non-hydrogen) atoms. The summed E-state index contributed by atoms with van der Waals surface area (Å²) in [5.41, 5.74) is 3.87. The minimum absolute atomic E-state index is 0.396. The van der Waals surface area contributed by atoms with Gasteiger partial charge in [-0.1, -0.05) is 0 Å². The first kappa shape index (κ1) is 23.2. The summed E-state index contributed by atoms with van der Waals surface area (Å²) in [6, 6.07) is 5.60. The summed E-state index contributed by atoms with van der Waals surface area (Å²) in [5, 5.41) is 0. The second-order valence-corrected chi connectivity index (χ2v) is 8.12. The second-order valence-electron chi connectivity index (χ2n) is 8.12. The Morgan fingerprint density at radius 1 is 1.15 bits per heavy atom. The van der Waals surface area contributed by atoms with E-state index in [2.05, 4.69) is 14.9 Å². The van der Waals surface area contributed by atoms with E-state index in [9.17, 15) is 4.79 Å². The smallest absolute Gasteiger partial charge is 0.220 e. The molecule has 0 spiro atoms. The van der Waals surface area contributed by atoms with Crippen LogP contribution in [-0.4, -0.2) is 74.3 Å². The fourth-order valence-electron chi connectivity index (χ4n) is 4.23. The van der Waals surface area contributed by atoms with Crippen LogP contribution in [-0.2, 0) is 4.74 Å². The van der Waals surface area contributed by atoms with Crippen LogP contribution in [0, 0.1) is 0 Å². The van der Waals surface area contributed by atoms with Gasteiger partial charge in [-0.05, 0) is 49.0 Å². The quantitative estimate of drug-likeness (QED) is 0.506. The topological polar surface area (TPSA) is 83.0 Å². The Morgan fingerprint density at radius 3 is 2.82 bits per heavy atom. The Hall–Kier alpha value is -2.97. The molecule has 8 nitrogen and oxygen atoms in total. The molecule has 1 aliphatic carbocycles. The summed E-state index contributed by atoms with van der Waals surface area (Å²) >= 11 is 0. The number of allylic oxidation sites excluding steroid dienone is 1. The standard InChI is InChI=1S/C25H31N3O5/c1-30-25-22(7-4-8-26-25)21-6-3-2-5-19(21)18-33-23-16-27-24(15-20(23)17-29)32-14-11-28-9-12-31-13-10-28/h4,7-8,15-17H,2-3,5-6,9-14,18H2,1H3. The van der Waals surface area contributed by atoms with Gasteiger partial charge in [0.05, 0.1) is 32.1 Å².